The lowest BCUT2D eigenvalue weighted by molar-refractivity contribution is 0.0416. The maximum atomic E-state index is 13.8. The zero-order chi connectivity index (χ0) is 48.8. The fraction of sp³-hybridized carbons (Fsp3) is 0.294. The lowest BCUT2D eigenvalue weighted by Crippen LogP contribution is -2.51. The van der Waals surface area contributed by atoms with E-state index < -0.39 is 17.1 Å². The van der Waals surface area contributed by atoms with Crippen LogP contribution in [-0.4, -0.2) is 98.4 Å². The minimum absolute atomic E-state index is 0. The van der Waals surface area contributed by atoms with Gasteiger partial charge in [0.25, 0.3) is 11.8 Å². The molecule has 0 radical (unpaired) electrons. The Labute approximate surface area is 416 Å². The van der Waals surface area contributed by atoms with E-state index in [4.69, 9.17) is 14.2 Å². The van der Waals surface area contributed by atoms with Crippen LogP contribution in [0.2, 0.25) is 0 Å². The van der Waals surface area contributed by atoms with Gasteiger partial charge >= 0.3 is 0 Å². The minimum atomic E-state index is -0.622. The fourth-order valence-electron chi connectivity index (χ4n) is 8.55. The highest BCUT2D eigenvalue weighted by Gasteiger charge is 2.37. The number of hydrogen-bond donors (Lipinski definition) is 1. The van der Waals surface area contributed by atoms with Gasteiger partial charge in [0, 0.05) is 87.8 Å². The third kappa shape index (κ3) is 11.1. The van der Waals surface area contributed by atoms with Crippen LogP contribution < -0.4 is 15.6 Å². The number of thiazole rings is 2. The average Bonchev–Trinajstić information content (AvgIpc) is 4.02. The molecule has 1 N–H and O–H groups in total. The van der Waals surface area contributed by atoms with Crippen LogP contribution in [0.15, 0.2) is 113 Å². The third-order valence-corrected chi connectivity index (χ3v) is 14.0. The molecule has 0 saturated carbocycles. The summed E-state index contributed by atoms with van der Waals surface area (Å²) in [5.74, 6) is -1.77. The molecule has 366 valence electrons. The number of methoxy groups -OCH3 is 2. The number of hydrogen-bond acceptors (Lipinski definition) is 12. The quantitative estimate of drug-likeness (QED) is 0.106. The Hall–Kier alpha value is -6.57. The van der Waals surface area contributed by atoms with Crippen molar-refractivity contribution in [3.05, 3.63) is 174 Å². The Morgan fingerprint density at radius 3 is 1.57 bits per heavy atom. The number of aromatic hydroxyl groups is 1. The molecule has 3 aromatic carbocycles. The number of aromatic nitrogens is 4. The maximum absolute atomic E-state index is 13.8. The summed E-state index contributed by atoms with van der Waals surface area (Å²) in [6.07, 6.45) is 7.82. The molecular weight excluding hydrogens is 962 g/mol. The molecule has 2 aliphatic rings. The Morgan fingerprint density at radius 1 is 0.643 bits per heavy atom. The number of carbonyl (C=O) groups excluding carboxylic acids is 2. The summed E-state index contributed by atoms with van der Waals surface area (Å²) in [5, 5.41) is 11.6. The molecule has 0 bridgehead atoms. The topological polar surface area (TPSA) is 158 Å². The normalized spacial score (nSPS) is 15.2. The van der Waals surface area contributed by atoms with Gasteiger partial charge in [0.1, 0.15) is 28.3 Å². The number of fused-ring (bicyclic) bond motifs is 2. The molecule has 7 aromatic rings. The standard InChI is InChI=1S/C29H28FN3O4S.C22H22FN3O4S.ClH/c1-3-33-22(18-36-2)15-32-16-24(28-31-14-23(38-28)13-19-9-11-21(30)12-10-19)26(34)27(25(32)29(33)35)37-17-20-7-5-4-6-8-20;1-3-26-15(12-30-2)10-25-11-17(19(27)20(28)18(25)22(26)29)21-24-9-16(31-21)8-13-4-6-14(23)7-5-13;/h4-12,14,16,22H,3,13,15,17-18H2,1-2H3;4-7,9,11,15,28H,3,8,10,12H2,1-2H3;1H/t22-;15-;/m00./s1. The van der Waals surface area contributed by atoms with Gasteiger partial charge < -0.3 is 38.3 Å². The van der Waals surface area contributed by atoms with E-state index in [0.717, 1.165) is 26.4 Å². The predicted molar refractivity (Wildman–Crippen MR) is 266 cm³/mol. The van der Waals surface area contributed by atoms with E-state index in [1.54, 1.807) is 82.2 Å². The molecule has 2 atom stereocenters. The number of halogens is 3. The minimum Gasteiger partial charge on any atom is -0.503 e. The highest BCUT2D eigenvalue weighted by molar-refractivity contribution is 7.15. The van der Waals surface area contributed by atoms with Crippen LogP contribution in [0.1, 0.15) is 61.3 Å². The first kappa shape index (κ1) is 51.3. The van der Waals surface area contributed by atoms with Crippen LogP contribution in [0.5, 0.6) is 11.5 Å². The molecule has 2 amide bonds. The van der Waals surface area contributed by atoms with Gasteiger partial charge in [-0.15, -0.1) is 35.1 Å². The summed E-state index contributed by atoms with van der Waals surface area (Å²) < 4.78 is 46.6. The van der Waals surface area contributed by atoms with Crippen molar-refractivity contribution < 1.29 is 37.7 Å². The molecule has 0 unspecified atom stereocenters. The van der Waals surface area contributed by atoms with Crippen molar-refractivity contribution in [2.45, 2.75) is 58.5 Å². The van der Waals surface area contributed by atoms with E-state index in [0.29, 0.717) is 67.8 Å². The number of ether oxygens (including phenoxy) is 3. The van der Waals surface area contributed by atoms with E-state index in [2.05, 4.69) is 9.97 Å². The molecule has 0 spiro atoms. The fourth-order valence-corrected chi connectivity index (χ4v) is 10.5. The summed E-state index contributed by atoms with van der Waals surface area (Å²) in [5.41, 5.74) is 2.62. The van der Waals surface area contributed by atoms with Gasteiger partial charge in [-0.05, 0) is 54.8 Å². The average molecular weight is 1010 g/mol. The molecule has 70 heavy (non-hydrogen) atoms. The van der Waals surface area contributed by atoms with Gasteiger partial charge in [-0.25, -0.2) is 18.7 Å². The lowest BCUT2D eigenvalue weighted by Gasteiger charge is -2.37. The summed E-state index contributed by atoms with van der Waals surface area (Å²) >= 11 is 2.72. The Kier molecular flexibility index (Phi) is 16.8. The Bertz CT molecular complexity index is 3070. The van der Waals surface area contributed by atoms with Crippen LogP contribution in [0.25, 0.3) is 21.1 Å². The van der Waals surface area contributed by atoms with Gasteiger partial charge in [0.15, 0.2) is 22.9 Å². The maximum Gasteiger partial charge on any atom is 0.274 e. The molecule has 0 saturated heterocycles. The first-order valence-electron chi connectivity index (χ1n) is 22.3. The van der Waals surface area contributed by atoms with E-state index in [1.165, 1.54) is 46.9 Å². The van der Waals surface area contributed by atoms with Crippen molar-refractivity contribution in [2.24, 2.45) is 0 Å². The van der Waals surface area contributed by atoms with Gasteiger partial charge in [-0.1, -0.05) is 54.6 Å². The number of carbonyl (C=O) groups is 2. The lowest BCUT2D eigenvalue weighted by atomic mass is 10.1. The molecule has 9 rings (SSSR count). The van der Waals surface area contributed by atoms with Crippen molar-refractivity contribution >= 4 is 46.9 Å². The second kappa shape index (κ2) is 22.9. The Morgan fingerprint density at radius 2 is 1.10 bits per heavy atom. The molecule has 4 aromatic heterocycles. The summed E-state index contributed by atoms with van der Waals surface area (Å²) in [4.78, 5) is 67.2. The second-order valence-corrected chi connectivity index (χ2v) is 18.7. The third-order valence-electron chi connectivity index (χ3n) is 11.9. The van der Waals surface area contributed by atoms with Gasteiger partial charge in [0.05, 0.1) is 36.4 Å². The van der Waals surface area contributed by atoms with Crippen molar-refractivity contribution in [1.29, 1.82) is 0 Å². The van der Waals surface area contributed by atoms with Crippen LogP contribution in [0, 0.1) is 11.6 Å². The number of pyridine rings is 2. The zero-order valence-electron chi connectivity index (χ0n) is 38.8. The SMILES string of the molecule is CCN1C(=O)c2c(O)c(=O)c(-c3ncc(Cc4ccc(F)cc4)s3)cn2C[C@H]1COC.CCN1C(=O)c2c(OCc3ccccc3)c(=O)c(-c3ncc(Cc4ccc(F)cc4)s3)cn2C[C@H]1COC.Cl. The van der Waals surface area contributed by atoms with Crippen LogP contribution in [0.4, 0.5) is 8.78 Å². The Balaban J connectivity index is 0.000000208. The molecule has 2 aliphatic heterocycles. The zero-order valence-corrected chi connectivity index (χ0v) is 41.3. The van der Waals surface area contributed by atoms with E-state index in [-0.39, 0.29) is 76.8 Å². The summed E-state index contributed by atoms with van der Waals surface area (Å²) in [7, 11) is 3.18. The van der Waals surface area contributed by atoms with Crippen LogP contribution >= 0.6 is 35.1 Å². The van der Waals surface area contributed by atoms with Crippen LogP contribution in [-0.2, 0) is 42.0 Å². The number of amides is 2. The molecule has 14 nitrogen and oxygen atoms in total. The van der Waals surface area contributed by atoms with Crippen molar-refractivity contribution in [3.8, 4) is 32.6 Å². The summed E-state index contributed by atoms with van der Waals surface area (Å²) in [6.45, 7) is 6.43. The van der Waals surface area contributed by atoms with E-state index in [1.807, 2.05) is 44.2 Å². The monoisotopic (exact) mass is 1010 g/mol. The highest BCUT2D eigenvalue weighted by Crippen LogP contribution is 2.33. The van der Waals surface area contributed by atoms with E-state index in [9.17, 15) is 33.1 Å². The number of rotatable bonds is 15. The number of likely N-dealkylation sites (N-methyl/N-ethyl adjacent to an activating group) is 2. The smallest absolute Gasteiger partial charge is 0.274 e. The molecule has 19 heteroatoms. The van der Waals surface area contributed by atoms with Gasteiger partial charge in [0.2, 0.25) is 10.9 Å². The van der Waals surface area contributed by atoms with Gasteiger partial charge in [-0.3, -0.25) is 19.2 Å². The number of benzene rings is 3. The number of nitrogens with zero attached hydrogens (tertiary/aromatic N) is 6. The van der Waals surface area contributed by atoms with Crippen molar-refractivity contribution in [1.82, 2.24) is 28.9 Å². The first-order valence-corrected chi connectivity index (χ1v) is 23.9. The molecule has 6 heterocycles. The highest BCUT2D eigenvalue weighted by atomic mass is 35.5. The van der Waals surface area contributed by atoms with Gasteiger partial charge in [-0.2, -0.15) is 0 Å². The molecule has 0 fully saturated rings. The van der Waals surface area contributed by atoms with Crippen molar-refractivity contribution in [2.75, 3.05) is 40.5 Å². The van der Waals surface area contributed by atoms with Crippen molar-refractivity contribution in [3.63, 3.8) is 0 Å². The predicted octanol–water partition coefficient (Wildman–Crippen LogP) is 8.09. The summed E-state index contributed by atoms with van der Waals surface area (Å²) in [6, 6.07) is 21.7. The molecule has 0 aliphatic carbocycles. The molecular formula is C51H51ClF2N6O8S2. The second-order valence-electron chi connectivity index (χ2n) is 16.5. The van der Waals surface area contributed by atoms with E-state index >= 15 is 0 Å². The first-order chi connectivity index (χ1) is 33.4. The largest absolute Gasteiger partial charge is 0.503 e. The van der Waals surface area contributed by atoms with Crippen LogP contribution in [0.3, 0.4) is 0 Å².